The maximum Gasteiger partial charge on any atom is 0.305 e. The van der Waals surface area contributed by atoms with Crippen LogP contribution in [0.2, 0.25) is 0 Å². The maximum absolute atomic E-state index is 13.1. The van der Waals surface area contributed by atoms with Gasteiger partial charge in [-0.2, -0.15) is 0 Å². The van der Waals surface area contributed by atoms with Gasteiger partial charge < -0.3 is 14.7 Å². The molecular formula is C23H25NO5. The first-order valence-corrected chi connectivity index (χ1v) is 10.2. The van der Waals surface area contributed by atoms with Gasteiger partial charge >= 0.3 is 5.97 Å². The Balaban J connectivity index is 1.94. The highest BCUT2D eigenvalue weighted by molar-refractivity contribution is 6.06. The molecule has 0 saturated heterocycles. The Bertz CT molecular complexity index is 898. The largest absolute Gasteiger partial charge is 0.496 e. The van der Waals surface area contributed by atoms with Crippen molar-refractivity contribution in [2.24, 2.45) is 0 Å². The molecule has 152 valence electrons. The van der Waals surface area contributed by atoms with E-state index >= 15 is 0 Å². The maximum atomic E-state index is 13.1. The molecule has 1 heterocycles. The fourth-order valence-corrected chi connectivity index (χ4v) is 4.91. The lowest BCUT2D eigenvalue weighted by atomic mass is 9.70. The highest BCUT2D eigenvalue weighted by Gasteiger charge is 2.43. The van der Waals surface area contributed by atoms with Crippen LogP contribution in [0.3, 0.4) is 0 Å². The van der Waals surface area contributed by atoms with Gasteiger partial charge in [-0.05, 0) is 31.7 Å². The molecule has 0 spiro atoms. The minimum absolute atomic E-state index is 0.0325. The summed E-state index contributed by atoms with van der Waals surface area (Å²) in [5, 5.41) is 9.23. The summed E-state index contributed by atoms with van der Waals surface area (Å²) < 4.78 is 5.58. The first kappa shape index (κ1) is 19.4. The van der Waals surface area contributed by atoms with Crippen LogP contribution in [-0.2, 0) is 14.4 Å². The molecule has 1 aromatic rings. The molecule has 1 N–H and O–H groups in total. The number of carboxylic acids is 1. The smallest absolute Gasteiger partial charge is 0.305 e. The third kappa shape index (κ3) is 3.37. The van der Waals surface area contributed by atoms with E-state index in [0.29, 0.717) is 29.7 Å². The molecule has 0 atom stereocenters. The zero-order chi connectivity index (χ0) is 20.5. The summed E-state index contributed by atoms with van der Waals surface area (Å²) in [4.78, 5) is 39.4. The number of methoxy groups -OCH3 is 1. The van der Waals surface area contributed by atoms with Gasteiger partial charge in [-0.15, -0.1) is 0 Å². The molecule has 3 aliphatic rings. The fourth-order valence-electron chi connectivity index (χ4n) is 4.91. The van der Waals surface area contributed by atoms with E-state index in [1.807, 2.05) is 29.2 Å². The Morgan fingerprint density at radius 2 is 1.62 bits per heavy atom. The van der Waals surface area contributed by atoms with Crippen molar-refractivity contribution in [1.82, 2.24) is 4.90 Å². The average Bonchev–Trinajstić information content (AvgIpc) is 2.72. The molecule has 4 rings (SSSR count). The summed E-state index contributed by atoms with van der Waals surface area (Å²) in [6.45, 7) is 0.284. The standard InChI is InChI=1S/C23H25NO5/c1-29-19-11-3-2-6-14(19)21-22-15(7-4-9-17(22)25)24(13-12-20(27)28)16-8-5-10-18(26)23(16)21/h2-3,6,11,21H,4-5,7-10,12-13H2,1H3,(H,27,28). The third-order valence-electron chi connectivity index (χ3n) is 6.09. The van der Waals surface area contributed by atoms with Crippen LogP contribution in [-0.4, -0.2) is 41.2 Å². The van der Waals surface area contributed by atoms with Crippen LogP contribution in [0.25, 0.3) is 0 Å². The van der Waals surface area contributed by atoms with Crippen molar-refractivity contribution in [1.29, 1.82) is 0 Å². The minimum Gasteiger partial charge on any atom is -0.496 e. The second-order valence-corrected chi connectivity index (χ2v) is 7.74. The van der Waals surface area contributed by atoms with Crippen molar-refractivity contribution in [3.8, 4) is 5.75 Å². The Morgan fingerprint density at radius 1 is 1.03 bits per heavy atom. The highest BCUT2D eigenvalue weighted by atomic mass is 16.5. The van der Waals surface area contributed by atoms with Crippen molar-refractivity contribution in [2.75, 3.05) is 13.7 Å². The number of ether oxygens (including phenoxy) is 1. The van der Waals surface area contributed by atoms with Crippen LogP contribution in [0, 0.1) is 0 Å². The number of carbonyl (C=O) groups is 3. The van der Waals surface area contributed by atoms with Crippen LogP contribution < -0.4 is 4.74 Å². The second-order valence-electron chi connectivity index (χ2n) is 7.74. The van der Waals surface area contributed by atoms with E-state index in [9.17, 15) is 19.5 Å². The number of rotatable bonds is 5. The number of para-hydroxylation sites is 1. The van der Waals surface area contributed by atoms with Crippen molar-refractivity contribution >= 4 is 17.5 Å². The Morgan fingerprint density at radius 3 is 2.17 bits per heavy atom. The van der Waals surface area contributed by atoms with Crippen molar-refractivity contribution in [3.05, 3.63) is 52.4 Å². The van der Waals surface area contributed by atoms with Crippen molar-refractivity contribution in [2.45, 2.75) is 50.9 Å². The molecule has 0 amide bonds. The number of Topliss-reactive ketones (excluding diaryl/α,β-unsaturated/α-hetero) is 2. The van der Waals surface area contributed by atoms with Gasteiger partial charge in [0.25, 0.3) is 0 Å². The molecule has 0 radical (unpaired) electrons. The number of hydrogen-bond donors (Lipinski definition) is 1. The van der Waals surface area contributed by atoms with E-state index in [1.54, 1.807) is 7.11 Å². The zero-order valence-electron chi connectivity index (χ0n) is 16.6. The van der Waals surface area contributed by atoms with Gasteiger partial charge in [0.15, 0.2) is 11.6 Å². The fraction of sp³-hybridized carbons (Fsp3) is 0.435. The van der Waals surface area contributed by atoms with E-state index in [2.05, 4.69) is 0 Å². The van der Waals surface area contributed by atoms with E-state index in [4.69, 9.17) is 4.74 Å². The van der Waals surface area contributed by atoms with Gasteiger partial charge in [-0.25, -0.2) is 0 Å². The predicted octanol–water partition coefficient (Wildman–Crippen LogP) is 3.58. The van der Waals surface area contributed by atoms with Crippen LogP contribution >= 0.6 is 0 Å². The van der Waals surface area contributed by atoms with Crippen molar-refractivity contribution < 1.29 is 24.2 Å². The molecule has 0 unspecified atom stereocenters. The molecule has 0 fully saturated rings. The lowest BCUT2D eigenvalue weighted by molar-refractivity contribution is -0.137. The first-order valence-electron chi connectivity index (χ1n) is 10.2. The number of hydrogen-bond acceptors (Lipinski definition) is 5. The summed E-state index contributed by atoms with van der Waals surface area (Å²) in [5.74, 6) is -0.560. The normalized spacial score (nSPS) is 20.0. The SMILES string of the molecule is COc1ccccc1C1C2=C(CCCC2=O)N(CCC(=O)O)C2=C1C(=O)CCC2. The number of nitrogens with zero attached hydrogens (tertiary/aromatic N) is 1. The lowest BCUT2D eigenvalue weighted by Gasteiger charge is -2.44. The second kappa shape index (κ2) is 7.85. The molecule has 6 heteroatoms. The van der Waals surface area contributed by atoms with Crippen LogP contribution in [0.4, 0.5) is 0 Å². The van der Waals surface area contributed by atoms with Gasteiger partial charge in [0, 0.05) is 53.4 Å². The van der Waals surface area contributed by atoms with Gasteiger partial charge in [0.1, 0.15) is 5.75 Å². The summed E-state index contributed by atoms with van der Waals surface area (Å²) >= 11 is 0. The van der Waals surface area contributed by atoms with E-state index in [1.165, 1.54) is 0 Å². The Hall–Kier alpha value is -2.89. The Labute approximate surface area is 169 Å². The first-order chi connectivity index (χ1) is 14.0. The number of benzene rings is 1. The number of allylic oxidation sites excluding steroid dienone is 4. The molecule has 1 aromatic carbocycles. The molecule has 2 aliphatic carbocycles. The molecule has 0 saturated carbocycles. The average molecular weight is 395 g/mol. The molecule has 6 nitrogen and oxygen atoms in total. The third-order valence-corrected chi connectivity index (χ3v) is 6.09. The van der Waals surface area contributed by atoms with E-state index in [0.717, 1.165) is 42.6 Å². The molecule has 0 bridgehead atoms. The van der Waals surface area contributed by atoms with Gasteiger partial charge in [-0.1, -0.05) is 18.2 Å². The van der Waals surface area contributed by atoms with Gasteiger partial charge in [0.05, 0.1) is 13.5 Å². The van der Waals surface area contributed by atoms with Gasteiger partial charge in [0.2, 0.25) is 0 Å². The van der Waals surface area contributed by atoms with Crippen molar-refractivity contribution in [3.63, 3.8) is 0 Å². The molecule has 1 aliphatic heterocycles. The van der Waals surface area contributed by atoms with Crippen LogP contribution in [0.15, 0.2) is 46.8 Å². The number of carboxylic acid groups (broad SMARTS) is 1. The summed E-state index contributed by atoms with van der Waals surface area (Å²) in [6, 6.07) is 7.55. The monoisotopic (exact) mass is 395 g/mol. The zero-order valence-corrected chi connectivity index (χ0v) is 16.6. The summed E-state index contributed by atoms with van der Waals surface area (Å²) in [7, 11) is 1.59. The van der Waals surface area contributed by atoms with E-state index < -0.39 is 11.9 Å². The highest BCUT2D eigenvalue weighted by Crippen LogP contribution is 2.50. The number of aliphatic carboxylic acids is 1. The Kier molecular flexibility index (Phi) is 5.26. The molecular weight excluding hydrogens is 370 g/mol. The molecule has 0 aromatic heterocycles. The number of carbonyl (C=O) groups excluding carboxylic acids is 2. The topological polar surface area (TPSA) is 83.9 Å². The quantitative estimate of drug-likeness (QED) is 0.820. The summed E-state index contributed by atoms with van der Waals surface area (Å²) in [5.41, 5.74) is 3.93. The minimum atomic E-state index is -0.884. The van der Waals surface area contributed by atoms with Crippen LogP contribution in [0.1, 0.15) is 56.4 Å². The van der Waals surface area contributed by atoms with Crippen LogP contribution in [0.5, 0.6) is 5.75 Å². The summed E-state index contributed by atoms with van der Waals surface area (Å²) in [6.07, 6.45) is 3.80. The lowest BCUT2D eigenvalue weighted by Crippen LogP contribution is -2.40. The molecule has 29 heavy (non-hydrogen) atoms. The van der Waals surface area contributed by atoms with Gasteiger partial charge in [-0.3, -0.25) is 14.4 Å². The predicted molar refractivity (Wildman–Crippen MR) is 106 cm³/mol. The number of ketones is 2. The van der Waals surface area contributed by atoms with E-state index in [-0.39, 0.29) is 24.5 Å².